The number of ether oxygens (including phenoxy) is 2. The summed E-state index contributed by atoms with van der Waals surface area (Å²) in [5, 5.41) is 9.01. The van der Waals surface area contributed by atoms with Crippen LogP contribution in [0.3, 0.4) is 0 Å². The summed E-state index contributed by atoms with van der Waals surface area (Å²) < 4.78 is 13.3. The van der Waals surface area contributed by atoms with Gasteiger partial charge in [-0.15, -0.1) is 0 Å². The number of rotatable bonds is 5. The van der Waals surface area contributed by atoms with Crippen LogP contribution in [0.4, 0.5) is 5.82 Å². The summed E-state index contributed by atoms with van der Waals surface area (Å²) in [6, 6.07) is 13.5. The molecule has 134 valence electrons. The third-order valence-corrected chi connectivity index (χ3v) is 4.70. The van der Waals surface area contributed by atoms with Crippen LogP contribution in [0, 0.1) is 0 Å². The zero-order valence-corrected chi connectivity index (χ0v) is 15.5. The van der Waals surface area contributed by atoms with Crippen molar-refractivity contribution in [2.45, 2.75) is 13.3 Å². The minimum atomic E-state index is 0.600. The summed E-state index contributed by atoms with van der Waals surface area (Å²) in [6.07, 6.45) is 0.900. The maximum atomic E-state index is 6.24. The van der Waals surface area contributed by atoms with E-state index >= 15 is 0 Å². The first kappa shape index (κ1) is 16.8. The van der Waals surface area contributed by atoms with Crippen molar-refractivity contribution in [3.05, 3.63) is 53.1 Å². The van der Waals surface area contributed by atoms with Gasteiger partial charge in [0.25, 0.3) is 0 Å². The van der Waals surface area contributed by atoms with E-state index in [0.717, 1.165) is 52.8 Å². The van der Waals surface area contributed by atoms with Gasteiger partial charge in [0.2, 0.25) is 0 Å². The predicted octanol–water partition coefficient (Wildman–Crippen LogP) is 4.57. The molecule has 0 spiro atoms. The molecule has 1 aromatic heterocycles. The summed E-state index contributed by atoms with van der Waals surface area (Å²) in [7, 11) is 1.66. The maximum absolute atomic E-state index is 6.24. The predicted molar refractivity (Wildman–Crippen MR) is 104 cm³/mol. The van der Waals surface area contributed by atoms with E-state index in [0.29, 0.717) is 11.6 Å². The molecule has 0 bridgehead atoms. The Kier molecular flexibility index (Phi) is 4.47. The van der Waals surface area contributed by atoms with E-state index < -0.39 is 0 Å². The molecule has 3 aromatic rings. The third-order valence-electron chi connectivity index (χ3n) is 4.46. The fourth-order valence-corrected chi connectivity index (χ4v) is 3.51. The SMILES string of the molecule is CCOc1ccccc1-n1nc(-c2cc(Cl)ccc2OC)c2c1NCC2. The number of nitrogens with one attached hydrogen (secondary N) is 1. The molecule has 0 fully saturated rings. The summed E-state index contributed by atoms with van der Waals surface area (Å²) in [4.78, 5) is 0. The molecule has 1 aliphatic heterocycles. The van der Waals surface area contributed by atoms with Crippen LogP contribution in [0.25, 0.3) is 16.9 Å². The molecule has 0 saturated heterocycles. The minimum absolute atomic E-state index is 0.600. The van der Waals surface area contributed by atoms with Crippen molar-refractivity contribution in [1.29, 1.82) is 0 Å². The van der Waals surface area contributed by atoms with Gasteiger partial charge in [0, 0.05) is 22.7 Å². The van der Waals surface area contributed by atoms with Gasteiger partial charge in [0.1, 0.15) is 28.7 Å². The molecule has 0 atom stereocenters. The Morgan fingerprint density at radius 1 is 1.19 bits per heavy atom. The average molecular weight is 370 g/mol. The van der Waals surface area contributed by atoms with Gasteiger partial charge in [-0.05, 0) is 43.7 Å². The summed E-state index contributed by atoms with van der Waals surface area (Å²) in [5.41, 5.74) is 3.85. The Balaban J connectivity index is 1.91. The van der Waals surface area contributed by atoms with Crippen molar-refractivity contribution in [3.8, 4) is 28.4 Å². The zero-order valence-electron chi connectivity index (χ0n) is 14.8. The van der Waals surface area contributed by atoms with Crippen LogP contribution < -0.4 is 14.8 Å². The number of benzene rings is 2. The molecule has 2 aromatic carbocycles. The normalized spacial score (nSPS) is 12.6. The van der Waals surface area contributed by atoms with Crippen molar-refractivity contribution in [3.63, 3.8) is 0 Å². The van der Waals surface area contributed by atoms with Crippen LogP contribution in [0.5, 0.6) is 11.5 Å². The highest BCUT2D eigenvalue weighted by Gasteiger charge is 2.26. The van der Waals surface area contributed by atoms with Crippen LogP contribution in [-0.4, -0.2) is 30.0 Å². The smallest absolute Gasteiger partial charge is 0.145 e. The number of methoxy groups -OCH3 is 1. The molecule has 0 aliphatic carbocycles. The number of aromatic nitrogens is 2. The van der Waals surface area contributed by atoms with Gasteiger partial charge in [-0.1, -0.05) is 23.7 Å². The maximum Gasteiger partial charge on any atom is 0.145 e. The Bertz CT molecular complexity index is 952. The molecule has 2 heterocycles. The van der Waals surface area contributed by atoms with Gasteiger partial charge in [-0.25, -0.2) is 4.68 Å². The molecule has 26 heavy (non-hydrogen) atoms. The number of para-hydroxylation sites is 2. The van der Waals surface area contributed by atoms with E-state index in [1.165, 1.54) is 0 Å². The molecule has 0 unspecified atom stereocenters. The van der Waals surface area contributed by atoms with Gasteiger partial charge in [-0.2, -0.15) is 5.10 Å². The van der Waals surface area contributed by atoms with Gasteiger partial charge in [0.15, 0.2) is 0 Å². The molecule has 5 nitrogen and oxygen atoms in total. The molecule has 0 saturated carbocycles. The number of fused-ring (bicyclic) bond motifs is 1. The lowest BCUT2D eigenvalue weighted by Crippen LogP contribution is -2.06. The molecule has 1 N–H and O–H groups in total. The highest BCUT2D eigenvalue weighted by molar-refractivity contribution is 6.31. The summed E-state index contributed by atoms with van der Waals surface area (Å²) >= 11 is 6.24. The summed E-state index contributed by atoms with van der Waals surface area (Å²) in [6.45, 7) is 3.45. The van der Waals surface area contributed by atoms with Gasteiger partial charge >= 0.3 is 0 Å². The van der Waals surface area contributed by atoms with Gasteiger partial charge < -0.3 is 14.8 Å². The monoisotopic (exact) mass is 369 g/mol. The molecule has 6 heteroatoms. The second kappa shape index (κ2) is 6.92. The fourth-order valence-electron chi connectivity index (χ4n) is 3.34. The quantitative estimate of drug-likeness (QED) is 0.715. The van der Waals surface area contributed by atoms with Gasteiger partial charge in [-0.3, -0.25) is 0 Å². The fraction of sp³-hybridized carbons (Fsp3) is 0.250. The Hall–Kier alpha value is -2.66. The Morgan fingerprint density at radius 2 is 2.04 bits per heavy atom. The van der Waals surface area contributed by atoms with E-state index in [1.807, 2.05) is 54.1 Å². The summed E-state index contributed by atoms with van der Waals surface area (Å²) in [5.74, 6) is 2.56. The standard InChI is InChI=1S/C20H20ClN3O2/c1-3-26-18-7-5-4-6-16(18)24-20-14(10-11-22-20)19(23-24)15-12-13(21)8-9-17(15)25-2/h4-9,12,22H,3,10-11H2,1-2H3. The Morgan fingerprint density at radius 3 is 2.85 bits per heavy atom. The van der Waals surface area contributed by atoms with E-state index in [2.05, 4.69) is 5.32 Å². The molecule has 4 rings (SSSR count). The lowest BCUT2D eigenvalue weighted by atomic mass is 10.1. The van der Waals surface area contributed by atoms with Gasteiger partial charge in [0.05, 0.1) is 13.7 Å². The van der Waals surface area contributed by atoms with Crippen molar-refractivity contribution in [1.82, 2.24) is 9.78 Å². The van der Waals surface area contributed by atoms with Crippen LogP contribution in [0.15, 0.2) is 42.5 Å². The van der Waals surface area contributed by atoms with E-state index in [-0.39, 0.29) is 0 Å². The third kappa shape index (κ3) is 2.78. The molecule has 0 amide bonds. The second-order valence-electron chi connectivity index (χ2n) is 6.01. The van der Waals surface area contributed by atoms with Crippen molar-refractivity contribution >= 4 is 17.4 Å². The zero-order chi connectivity index (χ0) is 18.1. The molecular formula is C20H20ClN3O2. The molecular weight excluding hydrogens is 350 g/mol. The number of hydrogen-bond acceptors (Lipinski definition) is 4. The highest BCUT2D eigenvalue weighted by Crippen LogP contribution is 2.40. The lowest BCUT2D eigenvalue weighted by molar-refractivity contribution is 0.338. The lowest BCUT2D eigenvalue weighted by Gasteiger charge is -2.12. The largest absolute Gasteiger partial charge is 0.496 e. The molecule has 0 radical (unpaired) electrons. The first-order valence-corrected chi connectivity index (χ1v) is 9.02. The number of nitrogens with zero attached hydrogens (tertiary/aromatic N) is 2. The highest BCUT2D eigenvalue weighted by atomic mass is 35.5. The van der Waals surface area contributed by atoms with Crippen LogP contribution in [0.1, 0.15) is 12.5 Å². The first-order valence-electron chi connectivity index (χ1n) is 8.64. The number of anilines is 1. The van der Waals surface area contributed by atoms with Crippen molar-refractivity contribution in [2.24, 2.45) is 0 Å². The molecule has 1 aliphatic rings. The Labute approximate surface area is 157 Å². The van der Waals surface area contributed by atoms with Crippen molar-refractivity contribution in [2.75, 3.05) is 25.6 Å². The van der Waals surface area contributed by atoms with Crippen molar-refractivity contribution < 1.29 is 9.47 Å². The average Bonchev–Trinajstić information content (AvgIpc) is 3.25. The number of hydrogen-bond donors (Lipinski definition) is 1. The number of halogens is 1. The van der Waals surface area contributed by atoms with Crippen LogP contribution in [-0.2, 0) is 6.42 Å². The van der Waals surface area contributed by atoms with E-state index in [9.17, 15) is 0 Å². The van der Waals surface area contributed by atoms with E-state index in [4.69, 9.17) is 26.2 Å². The van der Waals surface area contributed by atoms with Crippen LogP contribution >= 0.6 is 11.6 Å². The first-order chi connectivity index (χ1) is 12.7. The topological polar surface area (TPSA) is 48.3 Å². The van der Waals surface area contributed by atoms with Crippen LogP contribution in [0.2, 0.25) is 5.02 Å². The second-order valence-corrected chi connectivity index (χ2v) is 6.45. The minimum Gasteiger partial charge on any atom is -0.496 e. The van der Waals surface area contributed by atoms with E-state index in [1.54, 1.807) is 7.11 Å².